The molecule has 3 heteroatoms. The van der Waals surface area contributed by atoms with E-state index in [1.54, 1.807) is 11.3 Å². The Morgan fingerprint density at radius 2 is 1.95 bits per heavy atom. The van der Waals surface area contributed by atoms with Gasteiger partial charge in [-0.3, -0.25) is 4.90 Å². The molecular weight excluding hydrogens is 276 g/mol. The zero-order chi connectivity index (χ0) is 15.5. The van der Waals surface area contributed by atoms with Gasteiger partial charge in [-0.15, -0.1) is 0 Å². The monoisotopic (exact) mass is 308 g/mol. The zero-order valence-electron chi connectivity index (χ0n) is 14.1. The minimum absolute atomic E-state index is 0.464. The lowest BCUT2D eigenvalue weighted by atomic mass is 9.68. The van der Waals surface area contributed by atoms with Crippen molar-refractivity contribution in [1.29, 1.82) is 0 Å². The molecule has 1 atom stereocenters. The minimum Gasteiger partial charge on any atom is -0.329 e. The summed E-state index contributed by atoms with van der Waals surface area (Å²) >= 11 is 1.78. The average molecular weight is 309 g/mol. The summed E-state index contributed by atoms with van der Waals surface area (Å²) in [6.07, 6.45) is 5.43. The molecule has 0 bridgehead atoms. The lowest BCUT2D eigenvalue weighted by Crippen LogP contribution is -2.44. The lowest BCUT2D eigenvalue weighted by Gasteiger charge is -2.41. The first-order valence-corrected chi connectivity index (χ1v) is 9.27. The van der Waals surface area contributed by atoms with E-state index in [0.29, 0.717) is 11.5 Å². The first kappa shape index (κ1) is 17.0. The van der Waals surface area contributed by atoms with E-state index in [9.17, 15) is 0 Å². The van der Waals surface area contributed by atoms with Crippen molar-refractivity contribution in [2.45, 2.75) is 59.0 Å². The van der Waals surface area contributed by atoms with Gasteiger partial charge in [-0.25, -0.2) is 0 Å². The van der Waals surface area contributed by atoms with Crippen molar-refractivity contribution in [2.75, 3.05) is 13.6 Å². The van der Waals surface area contributed by atoms with Crippen LogP contribution in [0.4, 0.5) is 0 Å². The quantitative estimate of drug-likeness (QED) is 0.875. The molecule has 2 nitrogen and oxygen atoms in total. The number of nitrogens with zero attached hydrogens (tertiary/aromatic N) is 1. The van der Waals surface area contributed by atoms with Crippen LogP contribution in [0.15, 0.2) is 16.8 Å². The molecule has 21 heavy (non-hydrogen) atoms. The van der Waals surface area contributed by atoms with E-state index in [-0.39, 0.29) is 0 Å². The molecule has 0 aromatic carbocycles. The van der Waals surface area contributed by atoms with Crippen LogP contribution < -0.4 is 5.73 Å². The first-order chi connectivity index (χ1) is 9.91. The molecule has 1 saturated carbocycles. The molecule has 1 aromatic heterocycles. The Morgan fingerprint density at radius 3 is 2.43 bits per heavy atom. The standard InChI is InChI=1S/C18H32N2S/c1-18(2,3)16-7-5-15(6-8-16)17(11-19)20(4)12-14-9-10-21-13-14/h9-10,13,15-17H,5-8,11-12,19H2,1-4H3. The summed E-state index contributed by atoms with van der Waals surface area (Å²) in [4.78, 5) is 2.48. The molecule has 1 aliphatic carbocycles. The van der Waals surface area contributed by atoms with Gasteiger partial charge in [0.1, 0.15) is 0 Å². The van der Waals surface area contributed by atoms with Crippen LogP contribution in [0.1, 0.15) is 52.0 Å². The van der Waals surface area contributed by atoms with Gasteiger partial charge in [0.05, 0.1) is 0 Å². The molecule has 0 spiro atoms. The SMILES string of the molecule is CN(Cc1ccsc1)C(CN)C1CCC(C(C)(C)C)CC1. The summed E-state index contributed by atoms with van der Waals surface area (Å²) in [6.45, 7) is 8.99. The van der Waals surface area contributed by atoms with Gasteiger partial charge < -0.3 is 5.73 Å². The Labute approximate surface area is 134 Å². The van der Waals surface area contributed by atoms with Crippen LogP contribution in [0.25, 0.3) is 0 Å². The molecule has 2 N–H and O–H groups in total. The van der Waals surface area contributed by atoms with E-state index in [1.165, 1.54) is 31.2 Å². The summed E-state index contributed by atoms with van der Waals surface area (Å²) in [5, 5.41) is 4.41. The molecule has 1 fully saturated rings. The molecule has 1 aliphatic rings. The fourth-order valence-corrected chi connectivity index (χ4v) is 4.55. The summed E-state index contributed by atoms with van der Waals surface area (Å²) in [6, 6.07) is 2.76. The third kappa shape index (κ3) is 4.54. The van der Waals surface area contributed by atoms with Crippen LogP contribution in [-0.2, 0) is 6.54 Å². The molecule has 1 heterocycles. The van der Waals surface area contributed by atoms with Gasteiger partial charge in [-0.2, -0.15) is 11.3 Å². The number of nitrogens with two attached hydrogens (primary N) is 1. The molecule has 0 saturated heterocycles. The predicted molar refractivity (Wildman–Crippen MR) is 93.5 cm³/mol. The van der Waals surface area contributed by atoms with Gasteiger partial charge in [-0.1, -0.05) is 20.8 Å². The second kappa shape index (κ2) is 7.26. The van der Waals surface area contributed by atoms with Crippen molar-refractivity contribution in [3.63, 3.8) is 0 Å². The van der Waals surface area contributed by atoms with Crippen LogP contribution in [-0.4, -0.2) is 24.5 Å². The molecule has 0 amide bonds. The van der Waals surface area contributed by atoms with Crippen LogP contribution >= 0.6 is 11.3 Å². The van der Waals surface area contributed by atoms with Gasteiger partial charge in [0, 0.05) is 19.1 Å². The average Bonchev–Trinajstić information content (AvgIpc) is 2.92. The van der Waals surface area contributed by atoms with E-state index >= 15 is 0 Å². The molecule has 0 aliphatic heterocycles. The number of likely N-dealkylation sites (N-methyl/N-ethyl adjacent to an activating group) is 1. The Balaban J connectivity index is 1.90. The van der Waals surface area contributed by atoms with E-state index in [2.05, 4.69) is 49.5 Å². The number of rotatable bonds is 5. The highest BCUT2D eigenvalue weighted by molar-refractivity contribution is 7.07. The van der Waals surface area contributed by atoms with Crippen molar-refractivity contribution in [3.8, 4) is 0 Å². The summed E-state index contributed by atoms with van der Waals surface area (Å²) in [7, 11) is 2.24. The Hall–Kier alpha value is -0.380. The number of hydrogen-bond acceptors (Lipinski definition) is 3. The van der Waals surface area contributed by atoms with Crippen molar-refractivity contribution < 1.29 is 0 Å². The molecular formula is C18H32N2S. The topological polar surface area (TPSA) is 29.3 Å². The maximum atomic E-state index is 6.11. The van der Waals surface area contributed by atoms with Crippen molar-refractivity contribution in [3.05, 3.63) is 22.4 Å². The Morgan fingerprint density at radius 1 is 1.29 bits per heavy atom. The van der Waals surface area contributed by atoms with Gasteiger partial charge in [0.25, 0.3) is 0 Å². The van der Waals surface area contributed by atoms with E-state index in [4.69, 9.17) is 5.73 Å². The highest BCUT2D eigenvalue weighted by atomic mass is 32.1. The zero-order valence-corrected chi connectivity index (χ0v) is 15.0. The highest BCUT2D eigenvalue weighted by Gasteiger charge is 2.33. The Kier molecular flexibility index (Phi) is 5.87. The van der Waals surface area contributed by atoms with Crippen molar-refractivity contribution in [1.82, 2.24) is 4.90 Å². The fraction of sp³-hybridized carbons (Fsp3) is 0.778. The number of hydrogen-bond donors (Lipinski definition) is 1. The van der Waals surface area contributed by atoms with Gasteiger partial charge in [-0.05, 0) is 72.4 Å². The number of thiophene rings is 1. The second-order valence-corrected chi connectivity index (χ2v) is 8.61. The summed E-state index contributed by atoms with van der Waals surface area (Å²) in [5.41, 5.74) is 8.00. The third-order valence-electron chi connectivity index (χ3n) is 5.36. The van der Waals surface area contributed by atoms with Crippen LogP contribution in [0.5, 0.6) is 0 Å². The smallest absolute Gasteiger partial charge is 0.0247 e. The summed E-state index contributed by atoms with van der Waals surface area (Å²) < 4.78 is 0. The normalized spacial score (nSPS) is 25.2. The third-order valence-corrected chi connectivity index (χ3v) is 6.09. The van der Waals surface area contributed by atoms with Crippen LogP contribution in [0.2, 0.25) is 0 Å². The molecule has 120 valence electrons. The van der Waals surface area contributed by atoms with Gasteiger partial charge in [0.15, 0.2) is 0 Å². The van der Waals surface area contributed by atoms with E-state index in [1.807, 2.05) is 0 Å². The second-order valence-electron chi connectivity index (χ2n) is 7.83. The summed E-state index contributed by atoms with van der Waals surface area (Å²) in [5.74, 6) is 1.66. The van der Waals surface area contributed by atoms with Gasteiger partial charge in [0.2, 0.25) is 0 Å². The molecule has 1 unspecified atom stereocenters. The first-order valence-electron chi connectivity index (χ1n) is 8.33. The maximum Gasteiger partial charge on any atom is 0.0247 e. The molecule has 1 aromatic rings. The lowest BCUT2D eigenvalue weighted by molar-refractivity contribution is 0.0918. The highest BCUT2D eigenvalue weighted by Crippen LogP contribution is 2.41. The van der Waals surface area contributed by atoms with Crippen molar-refractivity contribution in [2.24, 2.45) is 23.0 Å². The molecule has 2 rings (SSSR count). The van der Waals surface area contributed by atoms with E-state index in [0.717, 1.165) is 24.9 Å². The van der Waals surface area contributed by atoms with Crippen LogP contribution in [0, 0.1) is 17.3 Å². The largest absolute Gasteiger partial charge is 0.329 e. The van der Waals surface area contributed by atoms with E-state index < -0.39 is 0 Å². The van der Waals surface area contributed by atoms with Crippen LogP contribution in [0.3, 0.4) is 0 Å². The van der Waals surface area contributed by atoms with Crippen molar-refractivity contribution >= 4 is 11.3 Å². The van der Waals surface area contributed by atoms with Gasteiger partial charge >= 0.3 is 0 Å². The minimum atomic E-state index is 0.464. The molecule has 0 radical (unpaired) electrons. The Bertz CT molecular complexity index is 399. The predicted octanol–water partition coefficient (Wildman–Crippen LogP) is 4.36. The maximum absolute atomic E-state index is 6.11. The fourth-order valence-electron chi connectivity index (χ4n) is 3.89.